The van der Waals surface area contributed by atoms with Crippen molar-refractivity contribution < 1.29 is 42.1 Å². The Bertz CT molecular complexity index is 949. The Hall–Kier alpha value is -1.51. The van der Waals surface area contributed by atoms with Crippen LogP contribution in [0.3, 0.4) is 0 Å². The molecule has 0 bridgehead atoms. The van der Waals surface area contributed by atoms with Gasteiger partial charge >= 0.3 is 11.9 Å². The number of ether oxygens (including phenoxy) is 2. The van der Waals surface area contributed by atoms with E-state index in [2.05, 4.69) is 26.0 Å². The van der Waals surface area contributed by atoms with Gasteiger partial charge < -0.3 is 27.9 Å². The molecule has 0 radical (unpaired) electrons. The van der Waals surface area contributed by atoms with E-state index in [9.17, 15) is 19.0 Å². The molecule has 2 atom stereocenters. The van der Waals surface area contributed by atoms with Crippen LogP contribution in [0.1, 0.15) is 181 Å². The largest absolute Gasteiger partial charge is 0.756 e. The summed E-state index contributed by atoms with van der Waals surface area (Å²) in [5.41, 5.74) is 0. The Kier molecular flexibility index (Phi) is 34.2. The number of hydrogen-bond acceptors (Lipinski definition) is 8. The zero-order valence-corrected chi connectivity index (χ0v) is 35.2. The molecule has 0 saturated carbocycles. The highest BCUT2D eigenvalue weighted by Gasteiger charge is 2.21. The van der Waals surface area contributed by atoms with Gasteiger partial charge in [0, 0.05) is 12.8 Å². The maximum atomic E-state index is 12.6. The van der Waals surface area contributed by atoms with E-state index < -0.39 is 32.5 Å². The predicted molar refractivity (Wildman–Crippen MR) is 213 cm³/mol. The number of quaternary nitrogens is 1. The number of allylic oxidation sites excluding steroid dienone is 4. The molecule has 0 aliphatic heterocycles. The van der Waals surface area contributed by atoms with Crippen molar-refractivity contribution in [1.82, 2.24) is 0 Å². The Morgan fingerprint density at radius 2 is 0.981 bits per heavy atom. The number of rotatable bonds is 38. The van der Waals surface area contributed by atoms with E-state index in [1.165, 1.54) is 116 Å². The molecule has 0 spiro atoms. The number of hydrogen-bond donors (Lipinski definition) is 0. The smallest absolute Gasteiger partial charge is 0.306 e. The highest BCUT2D eigenvalue weighted by molar-refractivity contribution is 7.45. The molecule has 0 saturated heterocycles. The van der Waals surface area contributed by atoms with Gasteiger partial charge in [0.05, 0.1) is 27.7 Å². The second-order valence-corrected chi connectivity index (χ2v) is 16.8. The minimum Gasteiger partial charge on any atom is -0.756 e. The third kappa shape index (κ3) is 38.2. The first-order valence-corrected chi connectivity index (χ1v) is 22.5. The second-order valence-electron chi connectivity index (χ2n) is 15.3. The van der Waals surface area contributed by atoms with Crippen molar-refractivity contribution in [2.75, 3.05) is 47.5 Å². The minimum absolute atomic E-state index is 0.0398. The summed E-state index contributed by atoms with van der Waals surface area (Å²) in [6.45, 7) is 4.14. The van der Waals surface area contributed by atoms with E-state index >= 15 is 0 Å². The molecule has 0 aliphatic carbocycles. The lowest BCUT2D eigenvalue weighted by Gasteiger charge is -2.28. The van der Waals surface area contributed by atoms with Gasteiger partial charge in [-0.1, -0.05) is 154 Å². The van der Waals surface area contributed by atoms with Gasteiger partial charge in [-0.3, -0.25) is 14.2 Å². The summed E-state index contributed by atoms with van der Waals surface area (Å²) >= 11 is 0. The Morgan fingerprint density at radius 1 is 0.577 bits per heavy atom. The highest BCUT2D eigenvalue weighted by atomic mass is 31.2. The number of phosphoric ester groups is 1. The van der Waals surface area contributed by atoms with Crippen LogP contribution in [0.25, 0.3) is 0 Å². The van der Waals surface area contributed by atoms with E-state index in [4.69, 9.17) is 18.5 Å². The number of esters is 2. The van der Waals surface area contributed by atoms with Crippen LogP contribution in [0.5, 0.6) is 0 Å². The molecule has 0 heterocycles. The van der Waals surface area contributed by atoms with Gasteiger partial charge in [-0.05, 0) is 38.5 Å². The summed E-state index contributed by atoms with van der Waals surface area (Å²) in [4.78, 5) is 37.4. The molecule has 0 amide bonds. The SMILES string of the molecule is CCCCCCCCCCC/C=C\CCC(=O)OCC(COP(=O)([O-])OCC[N+](C)(C)C)OC(=O)CC/C=C\CCCCCCCCCCCCC. The van der Waals surface area contributed by atoms with E-state index in [0.29, 0.717) is 23.9 Å². The topological polar surface area (TPSA) is 111 Å². The van der Waals surface area contributed by atoms with Crippen molar-refractivity contribution in [3.63, 3.8) is 0 Å². The Morgan fingerprint density at radius 3 is 1.42 bits per heavy atom. The van der Waals surface area contributed by atoms with Crippen molar-refractivity contribution >= 4 is 19.8 Å². The Balaban J connectivity index is 4.46. The summed E-state index contributed by atoms with van der Waals surface area (Å²) in [7, 11) is 1.13. The van der Waals surface area contributed by atoms with Crippen LogP contribution in [0.15, 0.2) is 24.3 Å². The molecule has 0 aromatic carbocycles. The molecule has 52 heavy (non-hydrogen) atoms. The fraction of sp³-hybridized carbons (Fsp3) is 0.857. The molecule has 0 aromatic rings. The quantitative estimate of drug-likeness (QED) is 0.0201. The molecular weight excluding hydrogens is 677 g/mol. The third-order valence-corrected chi connectivity index (χ3v) is 9.93. The van der Waals surface area contributed by atoms with Crippen LogP contribution in [0.2, 0.25) is 0 Å². The van der Waals surface area contributed by atoms with Crippen LogP contribution >= 0.6 is 7.82 Å². The molecule has 0 fully saturated rings. The average Bonchev–Trinajstić information content (AvgIpc) is 3.09. The summed E-state index contributed by atoms with van der Waals surface area (Å²) in [5, 5.41) is 0. The van der Waals surface area contributed by atoms with Crippen LogP contribution in [0, 0.1) is 0 Å². The molecule has 9 nitrogen and oxygen atoms in total. The predicted octanol–water partition coefficient (Wildman–Crippen LogP) is 10.9. The number of phosphoric acid groups is 1. The van der Waals surface area contributed by atoms with Crippen molar-refractivity contribution in [3.8, 4) is 0 Å². The molecule has 10 heteroatoms. The number of nitrogens with zero attached hydrogens (tertiary/aromatic N) is 1. The van der Waals surface area contributed by atoms with E-state index in [1.54, 1.807) is 0 Å². The van der Waals surface area contributed by atoms with Gasteiger partial charge in [-0.25, -0.2) is 0 Å². The van der Waals surface area contributed by atoms with Crippen molar-refractivity contribution in [3.05, 3.63) is 24.3 Å². The fourth-order valence-corrected chi connectivity index (χ4v) is 6.36. The van der Waals surface area contributed by atoms with Crippen LogP contribution in [-0.2, 0) is 32.7 Å². The van der Waals surface area contributed by atoms with E-state index in [-0.39, 0.29) is 26.1 Å². The van der Waals surface area contributed by atoms with Crippen LogP contribution in [0.4, 0.5) is 0 Å². The molecule has 0 aromatic heterocycles. The lowest BCUT2D eigenvalue weighted by Crippen LogP contribution is -2.37. The number of likely N-dealkylation sites (N-methyl/N-ethyl adjacent to an activating group) is 1. The maximum absolute atomic E-state index is 12.6. The summed E-state index contributed by atoms with van der Waals surface area (Å²) < 4.78 is 33.7. The zero-order valence-electron chi connectivity index (χ0n) is 34.3. The van der Waals surface area contributed by atoms with E-state index in [1.807, 2.05) is 33.3 Å². The van der Waals surface area contributed by atoms with Gasteiger partial charge in [0.15, 0.2) is 6.10 Å². The zero-order chi connectivity index (χ0) is 38.6. The fourth-order valence-electron chi connectivity index (χ4n) is 5.63. The summed E-state index contributed by atoms with van der Waals surface area (Å²) in [5.74, 6) is -0.946. The third-order valence-electron chi connectivity index (χ3n) is 8.97. The van der Waals surface area contributed by atoms with Crippen molar-refractivity contribution in [1.29, 1.82) is 0 Å². The number of carbonyl (C=O) groups is 2. The van der Waals surface area contributed by atoms with Gasteiger partial charge in [0.1, 0.15) is 19.8 Å². The molecule has 306 valence electrons. The van der Waals surface area contributed by atoms with Crippen LogP contribution < -0.4 is 4.89 Å². The van der Waals surface area contributed by atoms with Crippen LogP contribution in [-0.4, -0.2) is 70.0 Å². The molecule has 0 N–H and O–H groups in total. The van der Waals surface area contributed by atoms with Crippen molar-refractivity contribution in [2.24, 2.45) is 0 Å². The Labute approximate surface area is 319 Å². The first kappa shape index (κ1) is 50.5. The summed E-state index contributed by atoms with van der Waals surface area (Å²) in [6.07, 6.45) is 36.6. The van der Waals surface area contributed by atoms with Gasteiger partial charge in [0.25, 0.3) is 7.82 Å². The number of carbonyl (C=O) groups excluding carboxylic acids is 2. The molecule has 0 rings (SSSR count). The molecular formula is C42H80NO8P. The first-order chi connectivity index (χ1) is 25.0. The van der Waals surface area contributed by atoms with Gasteiger partial charge in [-0.15, -0.1) is 0 Å². The molecule has 0 aliphatic rings. The molecule has 2 unspecified atom stereocenters. The van der Waals surface area contributed by atoms with Gasteiger partial charge in [0.2, 0.25) is 0 Å². The second kappa shape index (κ2) is 35.2. The number of unbranched alkanes of at least 4 members (excludes halogenated alkanes) is 20. The lowest BCUT2D eigenvalue weighted by atomic mass is 10.1. The monoisotopic (exact) mass is 758 g/mol. The summed E-state index contributed by atoms with van der Waals surface area (Å²) in [6, 6.07) is 0. The van der Waals surface area contributed by atoms with Gasteiger partial charge in [-0.2, -0.15) is 0 Å². The first-order valence-electron chi connectivity index (χ1n) is 21.0. The highest BCUT2D eigenvalue weighted by Crippen LogP contribution is 2.38. The van der Waals surface area contributed by atoms with E-state index in [0.717, 1.165) is 25.7 Å². The average molecular weight is 758 g/mol. The maximum Gasteiger partial charge on any atom is 0.306 e. The van der Waals surface area contributed by atoms with Crippen molar-refractivity contribution in [2.45, 2.75) is 187 Å². The standard InChI is InChI=1S/C42H80NO8P/c1-6-8-10-12-14-16-18-20-21-23-25-27-29-31-33-35-42(45)51-40(39-50-52(46,47)49-37-36-43(3,4)5)38-48-41(44)34-32-30-28-26-24-22-19-17-15-13-11-9-7-2/h28-31,40H,6-27,32-39H2,1-5H3/b30-28-,31-29-. The lowest BCUT2D eigenvalue weighted by molar-refractivity contribution is -0.870. The minimum atomic E-state index is -4.63. The normalized spacial score (nSPS) is 13.9.